The highest BCUT2D eigenvalue weighted by Gasteiger charge is 2.16. The lowest BCUT2D eigenvalue weighted by atomic mass is 10.1. The van der Waals surface area contributed by atoms with Crippen molar-refractivity contribution in [3.63, 3.8) is 0 Å². The molecule has 0 aliphatic carbocycles. The largest absolute Gasteiger partial charge is 0.486 e. The maximum Gasteiger partial charge on any atom is 0.171 e. The van der Waals surface area contributed by atoms with Crippen molar-refractivity contribution in [2.75, 3.05) is 0 Å². The zero-order valence-corrected chi connectivity index (χ0v) is 11.9. The number of rotatable bonds is 4. The van der Waals surface area contributed by atoms with Crippen LogP contribution in [-0.2, 0) is 19.6 Å². The minimum absolute atomic E-state index is 0.264. The van der Waals surface area contributed by atoms with Gasteiger partial charge in [-0.15, -0.1) is 10.2 Å². The highest BCUT2D eigenvalue weighted by Crippen LogP contribution is 2.22. The molecule has 0 spiro atoms. The Morgan fingerprint density at radius 2 is 2.24 bits per heavy atom. The number of nitrogens with zero attached hydrogens (tertiary/aromatic N) is 3. The van der Waals surface area contributed by atoms with Gasteiger partial charge in [-0.05, 0) is 31.9 Å². The van der Waals surface area contributed by atoms with Crippen LogP contribution in [0.1, 0.15) is 43.1 Å². The van der Waals surface area contributed by atoms with Crippen molar-refractivity contribution in [2.24, 2.45) is 0 Å². The Morgan fingerprint density at radius 3 is 3.00 bits per heavy atom. The van der Waals surface area contributed by atoms with E-state index in [-0.39, 0.29) is 12.2 Å². The van der Waals surface area contributed by atoms with Gasteiger partial charge in [-0.1, -0.05) is 0 Å². The van der Waals surface area contributed by atoms with E-state index in [1.54, 1.807) is 6.07 Å². The molecule has 0 bridgehead atoms. The Bertz CT molecular complexity index is 640. The summed E-state index contributed by atoms with van der Waals surface area (Å²) in [6.45, 7) is 2.71. The topological polar surface area (TPSA) is 60.2 Å². The maximum absolute atomic E-state index is 13.8. The Labute approximate surface area is 122 Å². The van der Waals surface area contributed by atoms with Gasteiger partial charge in [0.15, 0.2) is 5.82 Å². The predicted molar refractivity (Wildman–Crippen MR) is 74.3 cm³/mol. The number of aliphatic hydroxyl groups is 1. The van der Waals surface area contributed by atoms with Crippen LogP contribution in [0.25, 0.3) is 0 Å². The molecule has 0 saturated carbocycles. The first-order chi connectivity index (χ1) is 10.1. The average molecular weight is 291 g/mol. The minimum atomic E-state index is -0.831. The maximum atomic E-state index is 13.8. The van der Waals surface area contributed by atoms with Crippen LogP contribution in [0.4, 0.5) is 4.39 Å². The Morgan fingerprint density at radius 1 is 1.38 bits per heavy atom. The molecule has 112 valence electrons. The molecule has 1 aliphatic rings. The summed E-state index contributed by atoms with van der Waals surface area (Å²) in [5, 5.41) is 17.7. The highest BCUT2D eigenvalue weighted by molar-refractivity contribution is 5.30. The molecule has 2 heterocycles. The fourth-order valence-electron chi connectivity index (χ4n) is 2.56. The lowest BCUT2D eigenvalue weighted by Crippen LogP contribution is -2.14. The van der Waals surface area contributed by atoms with Gasteiger partial charge in [0, 0.05) is 24.6 Å². The van der Waals surface area contributed by atoms with E-state index in [2.05, 4.69) is 14.8 Å². The Kier molecular flexibility index (Phi) is 3.88. The number of benzene rings is 1. The number of aliphatic hydroxyl groups excluding tert-OH is 1. The van der Waals surface area contributed by atoms with Gasteiger partial charge in [0.1, 0.15) is 24.0 Å². The minimum Gasteiger partial charge on any atom is -0.486 e. The van der Waals surface area contributed by atoms with E-state index in [9.17, 15) is 9.50 Å². The standard InChI is InChI=1S/C15H18FN3O2/c1-10(20)12-6-5-11(8-13(12)16)21-9-15-18-17-14-4-2-3-7-19(14)15/h5-6,8,10,20H,2-4,7,9H2,1H3/t10-/m0/s1. The summed E-state index contributed by atoms with van der Waals surface area (Å²) < 4.78 is 21.4. The van der Waals surface area contributed by atoms with Crippen LogP contribution < -0.4 is 4.74 Å². The number of hydrogen-bond donors (Lipinski definition) is 1. The molecular formula is C15H18FN3O2. The molecule has 0 amide bonds. The number of aryl methyl sites for hydroxylation is 1. The van der Waals surface area contributed by atoms with Crippen LogP contribution in [0, 0.1) is 5.82 Å². The molecule has 2 aromatic rings. The van der Waals surface area contributed by atoms with Gasteiger partial charge in [-0.2, -0.15) is 0 Å². The van der Waals surface area contributed by atoms with Crippen LogP contribution in [0.5, 0.6) is 5.75 Å². The second-order valence-corrected chi connectivity index (χ2v) is 5.29. The number of hydrogen-bond acceptors (Lipinski definition) is 4. The first-order valence-electron chi connectivity index (χ1n) is 7.16. The Balaban J connectivity index is 1.70. The monoisotopic (exact) mass is 291 g/mol. The predicted octanol–water partition coefficient (Wildman–Crippen LogP) is 2.39. The summed E-state index contributed by atoms with van der Waals surface area (Å²) in [5.74, 6) is 1.72. The molecule has 0 fully saturated rings. The number of aromatic nitrogens is 3. The second kappa shape index (κ2) is 5.81. The van der Waals surface area contributed by atoms with Crippen LogP contribution in [-0.4, -0.2) is 19.9 Å². The summed E-state index contributed by atoms with van der Waals surface area (Å²) in [4.78, 5) is 0. The molecule has 3 rings (SSSR count). The van der Waals surface area contributed by atoms with Crippen LogP contribution in [0.15, 0.2) is 18.2 Å². The zero-order valence-electron chi connectivity index (χ0n) is 11.9. The molecule has 0 radical (unpaired) electrons. The van der Waals surface area contributed by atoms with Crippen molar-refractivity contribution in [3.8, 4) is 5.75 Å². The van der Waals surface area contributed by atoms with Gasteiger partial charge in [0.05, 0.1) is 6.10 Å². The summed E-state index contributed by atoms with van der Waals surface area (Å²) in [6.07, 6.45) is 2.38. The van der Waals surface area contributed by atoms with Crippen LogP contribution in [0.3, 0.4) is 0 Å². The summed E-state index contributed by atoms with van der Waals surface area (Å²) in [5.41, 5.74) is 0.266. The van der Waals surface area contributed by atoms with Crippen molar-refractivity contribution in [1.29, 1.82) is 0 Å². The molecule has 6 heteroatoms. The van der Waals surface area contributed by atoms with E-state index in [1.807, 2.05) is 0 Å². The first kappa shape index (κ1) is 14.0. The fourth-order valence-corrected chi connectivity index (χ4v) is 2.56. The van der Waals surface area contributed by atoms with Crippen molar-refractivity contribution in [3.05, 3.63) is 41.2 Å². The van der Waals surface area contributed by atoms with Crippen LogP contribution in [0.2, 0.25) is 0 Å². The fraction of sp³-hybridized carbons (Fsp3) is 0.467. The highest BCUT2D eigenvalue weighted by atomic mass is 19.1. The number of fused-ring (bicyclic) bond motifs is 1. The third kappa shape index (κ3) is 2.90. The molecular weight excluding hydrogens is 273 g/mol. The van der Waals surface area contributed by atoms with Gasteiger partial charge >= 0.3 is 0 Å². The molecule has 1 aromatic carbocycles. The summed E-state index contributed by atoms with van der Waals surface area (Å²) in [7, 11) is 0. The average Bonchev–Trinajstić information content (AvgIpc) is 2.88. The van der Waals surface area contributed by atoms with Crippen LogP contribution >= 0.6 is 0 Å². The molecule has 0 unspecified atom stereocenters. The van der Waals surface area contributed by atoms with Crippen molar-refractivity contribution >= 4 is 0 Å². The van der Waals surface area contributed by atoms with Crippen molar-refractivity contribution in [1.82, 2.24) is 14.8 Å². The van der Waals surface area contributed by atoms with E-state index >= 15 is 0 Å². The van der Waals surface area contributed by atoms with E-state index in [1.165, 1.54) is 19.1 Å². The number of ether oxygens (including phenoxy) is 1. The van der Waals surface area contributed by atoms with Crippen molar-refractivity contribution in [2.45, 2.75) is 45.4 Å². The molecule has 1 N–H and O–H groups in total. The zero-order chi connectivity index (χ0) is 14.8. The number of halogens is 1. The third-order valence-corrected chi connectivity index (χ3v) is 3.73. The second-order valence-electron chi connectivity index (χ2n) is 5.29. The van der Waals surface area contributed by atoms with E-state index < -0.39 is 11.9 Å². The SMILES string of the molecule is C[C@H](O)c1ccc(OCc2nnc3n2CCCC3)cc1F. The molecule has 0 saturated heterocycles. The van der Waals surface area contributed by atoms with Gasteiger partial charge in [0.2, 0.25) is 0 Å². The van der Waals surface area contributed by atoms with Gasteiger partial charge in [-0.25, -0.2) is 4.39 Å². The van der Waals surface area contributed by atoms with E-state index in [4.69, 9.17) is 4.74 Å². The van der Waals surface area contributed by atoms with Gasteiger partial charge in [-0.3, -0.25) is 0 Å². The third-order valence-electron chi connectivity index (χ3n) is 3.73. The molecule has 1 aliphatic heterocycles. The normalized spacial score (nSPS) is 15.6. The molecule has 1 atom stereocenters. The van der Waals surface area contributed by atoms with Crippen molar-refractivity contribution < 1.29 is 14.2 Å². The summed E-state index contributed by atoms with van der Waals surface area (Å²) in [6, 6.07) is 4.47. The smallest absolute Gasteiger partial charge is 0.171 e. The lowest BCUT2D eigenvalue weighted by Gasteiger charge is -2.15. The summed E-state index contributed by atoms with van der Waals surface area (Å²) >= 11 is 0. The van der Waals surface area contributed by atoms with Gasteiger partial charge < -0.3 is 14.4 Å². The molecule has 5 nitrogen and oxygen atoms in total. The van der Waals surface area contributed by atoms with E-state index in [0.717, 1.165) is 37.5 Å². The molecule has 21 heavy (non-hydrogen) atoms. The van der Waals surface area contributed by atoms with Gasteiger partial charge in [0.25, 0.3) is 0 Å². The first-order valence-corrected chi connectivity index (χ1v) is 7.16. The molecule has 1 aromatic heterocycles. The quantitative estimate of drug-likeness (QED) is 0.939. The Hall–Kier alpha value is -1.95. The lowest BCUT2D eigenvalue weighted by molar-refractivity contribution is 0.193. The van der Waals surface area contributed by atoms with E-state index in [0.29, 0.717) is 5.75 Å².